The molecule has 0 saturated heterocycles. The number of carbonyl (C=O) groups excluding carboxylic acids is 1. The van der Waals surface area contributed by atoms with Crippen LogP contribution in [-0.2, 0) is 9.53 Å². The number of hydrogen-bond acceptors (Lipinski definition) is 2. The van der Waals surface area contributed by atoms with Gasteiger partial charge in [0.2, 0.25) is 0 Å². The van der Waals surface area contributed by atoms with Crippen molar-refractivity contribution in [2.75, 3.05) is 14.2 Å². The summed E-state index contributed by atoms with van der Waals surface area (Å²) >= 11 is 0. The van der Waals surface area contributed by atoms with Crippen LogP contribution in [0.2, 0.25) is 13.6 Å². The Balaban J connectivity index is -0.000000151. The van der Waals surface area contributed by atoms with Crippen molar-refractivity contribution in [3.05, 3.63) is 36.5 Å². The van der Waals surface area contributed by atoms with E-state index < -0.39 is 0 Å². The minimum absolute atomic E-state index is 0.288. The first-order chi connectivity index (χ1) is 13.5. The third-order valence-corrected chi connectivity index (χ3v) is 2.82. The molecule has 0 aromatic carbocycles. The molecule has 0 heterocycles. The van der Waals surface area contributed by atoms with E-state index in [4.69, 9.17) is 0 Å². The average molecular weight is 404 g/mol. The van der Waals surface area contributed by atoms with Crippen LogP contribution in [0.5, 0.6) is 0 Å². The Morgan fingerprint density at radius 2 is 1.45 bits per heavy atom. The predicted molar refractivity (Wildman–Crippen MR) is 133 cm³/mol. The molecule has 0 bridgehead atoms. The first kappa shape index (κ1) is 34.7. The number of ether oxygens (including phenoxy) is 1. The van der Waals surface area contributed by atoms with Gasteiger partial charge in [-0.25, -0.2) is 4.79 Å². The molecule has 0 aliphatic carbocycles. The summed E-state index contributed by atoms with van der Waals surface area (Å²) in [6, 6.07) is 0. The molecule has 6 heteroatoms. The van der Waals surface area contributed by atoms with E-state index in [2.05, 4.69) is 68.4 Å². The number of rotatable bonds is 7. The predicted octanol–water partition coefficient (Wildman–Crippen LogP) is 3.60. The van der Waals surface area contributed by atoms with E-state index in [-0.39, 0.29) is 5.97 Å². The molecule has 0 rings (SSSR count). The van der Waals surface area contributed by atoms with Crippen molar-refractivity contribution >= 4 is 33.7 Å². The summed E-state index contributed by atoms with van der Waals surface area (Å²) in [6.07, 6.45) is 13.8. The fourth-order valence-corrected chi connectivity index (χ4v) is 1.22. The molecule has 0 aliphatic heterocycles. The summed E-state index contributed by atoms with van der Waals surface area (Å²) in [5.74, 6) is 1.48. The van der Waals surface area contributed by atoms with Crippen LogP contribution < -0.4 is 4.90 Å². The topological polar surface area (TPSA) is 43.3 Å². The molecule has 0 aromatic heterocycles. The molecule has 2 radical (unpaired) electrons. The second-order valence-corrected chi connectivity index (χ2v) is 7.09. The van der Waals surface area contributed by atoms with E-state index in [1.165, 1.54) is 13.2 Å². The van der Waals surface area contributed by atoms with Gasteiger partial charge in [-0.1, -0.05) is 65.8 Å². The number of esters is 1. The summed E-state index contributed by atoms with van der Waals surface area (Å²) in [6.45, 7) is 21.9. The zero-order chi connectivity index (χ0) is 23.7. The van der Waals surface area contributed by atoms with E-state index >= 15 is 0 Å². The molecule has 1 N–H and O–H groups in total. The minimum atomic E-state index is -0.288. The number of nitrogens with zero attached hydrogens (tertiary/aromatic N) is 1. The van der Waals surface area contributed by atoms with Gasteiger partial charge in [-0.2, -0.15) is 0 Å². The summed E-state index contributed by atoms with van der Waals surface area (Å²) in [7, 11) is 7.17. The van der Waals surface area contributed by atoms with Gasteiger partial charge in [-0.05, 0) is 44.4 Å². The van der Waals surface area contributed by atoms with Crippen LogP contribution in [0.15, 0.2) is 36.5 Å². The van der Waals surface area contributed by atoms with Crippen molar-refractivity contribution in [3.63, 3.8) is 0 Å². The molecule has 0 amide bonds. The quantitative estimate of drug-likeness (QED) is 0.232. The van der Waals surface area contributed by atoms with E-state index in [0.717, 1.165) is 5.92 Å². The molecule has 164 valence electrons. The zero-order valence-electron chi connectivity index (χ0n) is 20.9. The van der Waals surface area contributed by atoms with Crippen molar-refractivity contribution in [2.24, 2.45) is 17.8 Å². The standard InChI is InChI=1S/C8H16BN.C7H12O2.C6H12.C2H6BN/c1-8(2)6-5-7-10(4)9-3;1-6(2)4-5-7(8)9-3;1-4-5-6(2)3;1-3-4-2/h5-8H,1-4H3;4-6H,1-3H3;4-6H,1-3H3;4H,2H2,1H3/q+1;;;+1/b6-5+,10-7-;2*5-4+;. The molecular weight excluding hydrogens is 358 g/mol. The molecule has 29 heavy (non-hydrogen) atoms. The van der Waals surface area contributed by atoms with Crippen LogP contribution in [0.4, 0.5) is 0 Å². The number of carbonyl (C=O) groups is 1. The summed E-state index contributed by atoms with van der Waals surface area (Å²) in [5.41, 5.74) is 0. The average Bonchev–Trinajstić information content (AvgIpc) is 2.66. The van der Waals surface area contributed by atoms with Crippen molar-refractivity contribution in [2.45, 2.75) is 62.1 Å². The Kier molecular flexibility index (Phi) is 33.9. The second kappa shape index (κ2) is 28.4. The van der Waals surface area contributed by atoms with Gasteiger partial charge in [0.1, 0.15) is 13.3 Å². The third-order valence-electron chi connectivity index (χ3n) is 2.82. The smallest absolute Gasteiger partial charge is 0.466 e. The maximum Gasteiger partial charge on any atom is 0.529 e. The lowest BCUT2D eigenvalue weighted by Gasteiger charge is -1.92. The summed E-state index contributed by atoms with van der Waals surface area (Å²) in [5, 5.41) is 0. The fourth-order valence-electron chi connectivity index (χ4n) is 1.22. The van der Waals surface area contributed by atoms with E-state index in [0.29, 0.717) is 11.8 Å². The molecule has 0 unspecified atom stereocenters. The lowest BCUT2D eigenvalue weighted by atomic mass is 10.00. The maximum absolute atomic E-state index is 10.4. The molecule has 0 fully saturated rings. The van der Waals surface area contributed by atoms with Crippen LogP contribution in [0, 0.1) is 17.8 Å². The zero-order valence-corrected chi connectivity index (χ0v) is 20.9. The first-order valence-electron chi connectivity index (χ1n) is 10.2. The highest BCUT2D eigenvalue weighted by Gasteiger charge is 1.91. The summed E-state index contributed by atoms with van der Waals surface area (Å²) < 4.78 is 6.40. The molecule has 0 atom stereocenters. The van der Waals surface area contributed by atoms with Crippen LogP contribution >= 0.6 is 0 Å². The second-order valence-electron chi connectivity index (χ2n) is 7.09. The number of hydrogen-bond donors (Lipinski definition) is 1. The monoisotopic (exact) mass is 404 g/mol. The van der Waals surface area contributed by atoms with E-state index in [9.17, 15) is 4.79 Å². The number of allylic oxidation sites excluding steroid dienone is 5. The van der Waals surface area contributed by atoms with Crippen molar-refractivity contribution in [3.8, 4) is 0 Å². The molecule has 0 spiro atoms. The third kappa shape index (κ3) is 51.9. The van der Waals surface area contributed by atoms with Gasteiger partial charge in [0, 0.05) is 6.08 Å². The Bertz CT molecular complexity index is 481. The molecule has 0 saturated carbocycles. The molecule has 4 nitrogen and oxygen atoms in total. The highest BCUT2D eigenvalue weighted by molar-refractivity contribution is 6.23. The Morgan fingerprint density at radius 1 is 1.00 bits per heavy atom. The Labute approximate surface area is 183 Å². The van der Waals surface area contributed by atoms with Gasteiger partial charge in [0.25, 0.3) is 0 Å². The number of methoxy groups -OCH3 is 1. The van der Waals surface area contributed by atoms with Crippen LogP contribution in [0.25, 0.3) is 0 Å². The SMILES string of the molecule is C/C=C/C(C)C.C=[NH+][B]C.COC(=O)/C=C/C(C)C.C[B]/[N+](C)=C\C=C\C(C)C. The lowest BCUT2D eigenvalue weighted by Crippen LogP contribution is -2.67. The van der Waals surface area contributed by atoms with Gasteiger partial charge in [0.15, 0.2) is 0 Å². The maximum atomic E-state index is 10.4. The van der Waals surface area contributed by atoms with Crippen molar-refractivity contribution < 1.29 is 18.9 Å². The first-order valence-corrected chi connectivity index (χ1v) is 10.2. The van der Waals surface area contributed by atoms with Crippen LogP contribution in [-0.4, -0.2) is 52.4 Å². The largest absolute Gasteiger partial charge is 0.529 e. The highest BCUT2D eigenvalue weighted by Crippen LogP contribution is 1.93. The van der Waals surface area contributed by atoms with Crippen LogP contribution in [0.3, 0.4) is 0 Å². The van der Waals surface area contributed by atoms with Gasteiger partial charge in [-0.3, -0.25) is 0 Å². The number of nitrogens with one attached hydrogen (secondary N) is 1. The molecule has 0 aromatic rings. The van der Waals surface area contributed by atoms with Gasteiger partial charge >= 0.3 is 20.8 Å². The van der Waals surface area contributed by atoms with Crippen molar-refractivity contribution in [1.29, 1.82) is 0 Å². The molecule has 0 aliphatic rings. The summed E-state index contributed by atoms with van der Waals surface area (Å²) in [4.78, 5) is 13.0. The van der Waals surface area contributed by atoms with E-state index in [1.807, 2.05) is 59.6 Å². The highest BCUT2D eigenvalue weighted by atomic mass is 16.5. The Hall–Kier alpha value is -1.84. The van der Waals surface area contributed by atoms with Gasteiger partial charge < -0.3 is 14.1 Å². The Morgan fingerprint density at radius 3 is 1.69 bits per heavy atom. The fraction of sp³-hybridized carbons (Fsp3) is 0.609. The lowest BCUT2D eigenvalue weighted by molar-refractivity contribution is -0.335. The minimum Gasteiger partial charge on any atom is -0.466 e. The van der Waals surface area contributed by atoms with Gasteiger partial charge in [0.05, 0.1) is 13.8 Å². The normalized spacial score (nSPS) is 10.9. The van der Waals surface area contributed by atoms with Crippen LogP contribution in [0.1, 0.15) is 48.5 Å². The van der Waals surface area contributed by atoms with E-state index in [1.54, 1.807) is 13.5 Å². The van der Waals surface area contributed by atoms with Crippen molar-refractivity contribution in [1.82, 2.24) is 0 Å². The van der Waals surface area contributed by atoms with Gasteiger partial charge in [-0.15, -0.1) is 0 Å². The molecular formula is C23H46B2N2O2+2.